The summed E-state index contributed by atoms with van der Waals surface area (Å²) in [6.07, 6.45) is -7.73. The van der Waals surface area contributed by atoms with Gasteiger partial charge in [0.1, 0.15) is 12.0 Å². The minimum Gasteiger partial charge on any atom is -0.429 e. The molecule has 0 spiro atoms. The predicted molar refractivity (Wildman–Crippen MR) is 87.7 cm³/mol. The first-order chi connectivity index (χ1) is 12.7. The number of hydrogen-bond acceptors (Lipinski definition) is 3. The Balaban J connectivity index is 2.11. The van der Waals surface area contributed by atoms with Gasteiger partial charge < -0.3 is 14.3 Å². The topological polar surface area (TPSA) is 35.5 Å². The van der Waals surface area contributed by atoms with E-state index in [0.717, 1.165) is 0 Å². The van der Waals surface area contributed by atoms with Gasteiger partial charge in [0.15, 0.2) is 0 Å². The average molecular weight is 388 g/mol. The second kappa shape index (κ2) is 8.47. The Bertz CT molecular complexity index is 739. The molecule has 3 nitrogen and oxygen atoms in total. The average Bonchev–Trinajstić information content (AvgIpc) is 2.63. The number of halogens is 5. The first-order valence-corrected chi connectivity index (χ1v) is 8.05. The molecule has 27 heavy (non-hydrogen) atoms. The molecule has 146 valence electrons. The van der Waals surface area contributed by atoms with Crippen LogP contribution in [0.5, 0.6) is 5.75 Å². The summed E-state index contributed by atoms with van der Waals surface area (Å²) in [6.45, 7) is 2.38. The number of hydrogen-bond donors (Lipinski definition) is 0. The van der Waals surface area contributed by atoms with E-state index in [4.69, 9.17) is 4.74 Å². The molecule has 0 amide bonds. The molecule has 0 radical (unpaired) electrons. The highest BCUT2D eigenvalue weighted by Crippen LogP contribution is 2.35. The van der Waals surface area contributed by atoms with E-state index in [1.807, 2.05) is 0 Å². The van der Waals surface area contributed by atoms with Crippen molar-refractivity contribution in [2.75, 3.05) is 13.2 Å². The Hall–Kier alpha value is -2.48. The third kappa shape index (κ3) is 5.50. The normalized spacial score (nSPS) is 13.3. The van der Waals surface area contributed by atoms with E-state index in [9.17, 15) is 26.7 Å². The summed E-state index contributed by atoms with van der Waals surface area (Å²) in [5.74, 6) is -0.723. The lowest BCUT2D eigenvalue weighted by Crippen LogP contribution is -2.22. The van der Waals surface area contributed by atoms with E-state index >= 15 is 0 Å². The molecule has 0 aromatic heterocycles. The van der Waals surface area contributed by atoms with Crippen molar-refractivity contribution in [3.05, 3.63) is 65.2 Å². The van der Waals surface area contributed by atoms with Crippen molar-refractivity contribution >= 4 is 6.29 Å². The SMILES string of the molecule is CCOCC(C=O)c1ccc(OC(F)(F)c2ccc(C(F)(F)F)cc2)cc1. The van der Waals surface area contributed by atoms with Gasteiger partial charge in [0.2, 0.25) is 0 Å². The Morgan fingerprint density at radius 2 is 1.48 bits per heavy atom. The number of ether oxygens (including phenoxy) is 2. The molecule has 2 aromatic carbocycles. The smallest absolute Gasteiger partial charge is 0.426 e. The van der Waals surface area contributed by atoms with Crippen molar-refractivity contribution in [1.82, 2.24) is 0 Å². The van der Waals surface area contributed by atoms with Gasteiger partial charge >= 0.3 is 12.3 Å². The summed E-state index contributed by atoms with van der Waals surface area (Å²) in [5.41, 5.74) is -1.16. The van der Waals surface area contributed by atoms with Crippen LogP contribution in [0.2, 0.25) is 0 Å². The van der Waals surface area contributed by atoms with Gasteiger partial charge in [-0.25, -0.2) is 0 Å². The van der Waals surface area contributed by atoms with Crippen molar-refractivity contribution < 1.29 is 36.2 Å². The Kier molecular flexibility index (Phi) is 6.54. The largest absolute Gasteiger partial charge is 0.429 e. The molecule has 0 heterocycles. The van der Waals surface area contributed by atoms with Gasteiger partial charge in [-0.05, 0) is 48.9 Å². The predicted octanol–water partition coefficient (Wildman–Crippen LogP) is 5.15. The van der Waals surface area contributed by atoms with Gasteiger partial charge in [-0.2, -0.15) is 22.0 Å². The van der Waals surface area contributed by atoms with Crippen LogP contribution in [0, 0.1) is 0 Å². The number of carbonyl (C=O) groups is 1. The van der Waals surface area contributed by atoms with Crippen molar-refractivity contribution in [1.29, 1.82) is 0 Å². The van der Waals surface area contributed by atoms with E-state index in [1.54, 1.807) is 6.92 Å². The van der Waals surface area contributed by atoms with Crippen LogP contribution in [0.4, 0.5) is 22.0 Å². The summed E-state index contributed by atoms with van der Waals surface area (Å²) in [6, 6.07) is 7.90. The monoisotopic (exact) mass is 388 g/mol. The van der Waals surface area contributed by atoms with Crippen molar-refractivity contribution in [3.63, 3.8) is 0 Å². The van der Waals surface area contributed by atoms with E-state index in [1.165, 1.54) is 24.3 Å². The summed E-state index contributed by atoms with van der Waals surface area (Å²) in [7, 11) is 0. The molecule has 0 N–H and O–H groups in total. The zero-order chi connectivity index (χ0) is 20.1. The minimum atomic E-state index is -4.61. The third-order valence-corrected chi connectivity index (χ3v) is 3.77. The van der Waals surface area contributed by atoms with E-state index < -0.39 is 29.3 Å². The summed E-state index contributed by atoms with van der Waals surface area (Å²) < 4.78 is 75.7. The summed E-state index contributed by atoms with van der Waals surface area (Å²) in [5, 5.41) is 0. The fraction of sp³-hybridized carbons (Fsp3) is 0.316. The van der Waals surface area contributed by atoms with Crippen LogP contribution in [-0.2, 0) is 21.8 Å². The summed E-state index contributed by atoms with van der Waals surface area (Å²) >= 11 is 0. The quantitative estimate of drug-likeness (QED) is 0.463. The molecule has 2 aromatic rings. The zero-order valence-electron chi connectivity index (χ0n) is 14.3. The van der Waals surface area contributed by atoms with Crippen LogP contribution in [0.1, 0.15) is 29.5 Å². The Labute approximate surface area is 152 Å². The molecule has 0 bridgehead atoms. The maximum Gasteiger partial charge on any atom is 0.426 e. The lowest BCUT2D eigenvalue weighted by molar-refractivity contribution is -0.185. The second-order valence-electron chi connectivity index (χ2n) is 5.67. The Morgan fingerprint density at radius 3 is 1.96 bits per heavy atom. The van der Waals surface area contributed by atoms with E-state index in [-0.39, 0.29) is 12.4 Å². The molecular weight excluding hydrogens is 371 g/mol. The number of carbonyl (C=O) groups excluding carboxylic acids is 1. The Morgan fingerprint density at radius 1 is 0.926 bits per heavy atom. The molecule has 0 fully saturated rings. The van der Waals surface area contributed by atoms with Crippen LogP contribution >= 0.6 is 0 Å². The highest BCUT2D eigenvalue weighted by atomic mass is 19.4. The maximum absolute atomic E-state index is 14.2. The molecule has 0 aliphatic rings. The highest BCUT2D eigenvalue weighted by molar-refractivity contribution is 5.62. The molecule has 0 saturated heterocycles. The third-order valence-electron chi connectivity index (χ3n) is 3.77. The maximum atomic E-state index is 14.2. The van der Waals surface area contributed by atoms with Crippen LogP contribution in [0.25, 0.3) is 0 Å². The van der Waals surface area contributed by atoms with Gasteiger partial charge in [-0.1, -0.05) is 12.1 Å². The molecule has 2 rings (SSSR count). The molecule has 0 saturated carbocycles. The summed E-state index contributed by atoms with van der Waals surface area (Å²) in [4.78, 5) is 11.1. The fourth-order valence-corrected chi connectivity index (χ4v) is 2.30. The van der Waals surface area contributed by atoms with Crippen LogP contribution in [0.15, 0.2) is 48.5 Å². The lowest BCUT2D eigenvalue weighted by atomic mass is 10.0. The van der Waals surface area contributed by atoms with Gasteiger partial charge in [0.05, 0.1) is 23.7 Å². The van der Waals surface area contributed by atoms with Crippen molar-refractivity contribution in [2.24, 2.45) is 0 Å². The van der Waals surface area contributed by atoms with Crippen LogP contribution in [-0.4, -0.2) is 19.5 Å². The van der Waals surface area contributed by atoms with Gasteiger partial charge in [0, 0.05) is 6.61 Å². The van der Waals surface area contributed by atoms with E-state index in [2.05, 4.69) is 4.74 Å². The van der Waals surface area contributed by atoms with Gasteiger partial charge in [-0.3, -0.25) is 0 Å². The second-order valence-corrected chi connectivity index (χ2v) is 5.67. The van der Waals surface area contributed by atoms with Crippen LogP contribution < -0.4 is 4.74 Å². The van der Waals surface area contributed by atoms with Crippen molar-refractivity contribution in [2.45, 2.75) is 25.1 Å². The lowest BCUT2D eigenvalue weighted by Gasteiger charge is -2.19. The standard InChI is InChI=1S/C19H17F5O3/c1-2-26-12-14(11-25)13-3-9-17(10-4-13)27-19(23,24)16-7-5-15(6-8-16)18(20,21)22/h3-11,14H,2,12H2,1H3. The number of alkyl halides is 5. The first-order valence-electron chi connectivity index (χ1n) is 8.05. The minimum absolute atomic E-state index is 0.169. The van der Waals surface area contributed by atoms with Gasteiger partial charge in [0.25, 0.3) is 0 Å². The molecule has 0 aliphatic heterocycles. The fourth-order valence-electron chi connectivity index (χ4n) is 2.30. The van der Waals surface area contributed by atoms with Crippen LogP contribution in [0.3, 0.4) is 0 Å². The van der Waals surface area contributed by atoms with E-state index in [0.29, 0.717) is 42.7 Å². The zero-order valence-corrected chi connectivity index (χ0v) is 14.3. The number of rotatable bonds is 8. The number of benzene rings is 2. The molecular formula is C19H17F5O3. The number of aldehydes is 1. The van der Waals surface area contributed by atoms with Crippen molar-refractivity contribution in [3.8, 4) is 5.75 Å². The molecule has 0 aliphatic carbocycles. The molecule has 8 heteroatoms. The molecule has 1 atom stereocenters. The first kappa shape index (κ1) is 20.8. The van der Waals surface area contributed by atoms with Gasteiger partial charge in [-0.15, -0.1) is 0 Å². The highest BCUT2D eigenvalue weighted by Gasteiger charge is 2.36. The molecule has 1 unspecified atom stereocenters.